The minimum atomic E-state index is -4.34. The molecule has 0 unspecified atom stereocenters. The third-order valence-electron chi connectivity index (χ3n) is 1.78. The van der Waals surface area contributed by atoms with E-state index in [1.54, 1.807) is 0 Å². The Bertz CT molecular complexity index is 383. The van der Waals surface area contributed by atoms with Gasteiger partial charge in [-0.25, -0.2) is 0 Å². The summed E-state index contributed by atoms with van der Waals surface area (Å²) in [6.07, 6.45) is -1.42. The molecule has 0 spiro atoms. The summed E-state index contributed by atoms with van der Waals surface area (Å²) in [6, 6.07) is 4.88. The van der Waals surface area contributed by atoms with Gasteiger partial charge in [-0.3, -0.25) is 4.79 Å². The van der Waals surface area contributed by atoms with Crippen molar-refractivity contribution in [2.24, 2.45) is 0 Å². The molecule has 0 atom stereocenters. The highest BCUT2D eigenvalue weighted by molar-refractivity contribution is 5.51. The zero-order valence-corrected chi connectivity index (χ0v) is 8.20. The number of hydrogen-bond acceptors (Lipinski definition) is 2. The normalized spacial score (nSPS) is 11.7. The lowest BCUT2D eigenvalue weighted by atomic mass is 10.1. The second-order valence-electron chi connectivity index (χ2n) is 2.96. The Labute approximate surface area is 90.3 Å². The predicted octanol–water partition coefficient (Wildman–Crippen LogP) is 2.89. The van der Waals surface area contributed by atoms with Crippen LogP contribution in [-0.4, -0.2) is 13.1 Å². The van der Waals surface area contributed by atoms with Crippen molar-refractivity contribution in [1.82, 2.24) is 0 Å². The number of rotatable bonds is 4. The van der Waals surface area contributed by atoms with E-state index in [9.17, 15) is 18.0 Å². The first-order valence-electron chi connectivity index (χ1n) is 4.43. The summed E-state index contributed by atoms with van der Waals surface area (Å²) in [5.41, 5.74) is -0.296. The number of hydrogen-bond donors (Lipinski definition) is 0. The quantitative estimate of drug-likeness (QED) is 0.587. The molecule has 86 valence electrons. The first-order chi connectivity index (χ1) is 7.54. The number of carbonyl (C=O) groups excluding carboxylic acids is 1. The van der Waals surface area contributed by atoms with Gasteiger partial charge in [0, 0.05) is 0 Å². The van der Waals surface area contributed by atoms with Gasteiger partial charge >= 0.3 is 6.18 Å². The third-order valence-corrected chi connectivity index (χ3v) is 1.78. The van der Waals surface area contributed by atoms with Crippen LogP contribution in [0.4, 0.5) is 13.2 Å². The molecule has 1 rings (SSSR count). The van der Waals surface area contributed by atoms with Crippen LogP contribution in [0.5, 0.6) is 0 Å². The Morgan fingerprint density at radius 3 is 2.69 bits per heavy atom. The highest BCUT2D eigenvalue weighted by Gasteiger charge is 2.30. The van der Waals surface area contributed by atoms with E-state index in [0.717, 1.165) is 12.1 Å². The van der Waals surface area contributed by atoms with E-state index in [1.165, 1.54) is 24.3 Å². The van der Waals surface area contributed by atoms with Gasteiger partial charge in [0.2, 0.25) is 0 Å². The second-order valence-corrected chi connectivity index (χ2v) is 2.96. The minimum Gasteiger partial charge on any atom is -0.464 e. The van der Waals surface area contributed by atoms with Crippen LogP contribution in [0.15, 0.2) is 30.3 Å². The standard InChI is InChI=1S/C11H9F3O2/c12-11(13,14)10-5-1-3-9(7-10)4-2-6-16-8-15/h1-5,7-8H,6H2/b4-2+. The van der Waals surface area contributed by atoms with Crippen molar-refractivity contribution in [1.29, 1.82) is 0 Å². The molecule has 0 amide bonds. The van der Waals surface area contributed by atoms with Gasteiger partial charge in [-0.15, -0.1) is 0 Å². The Balaban J connectivity index is 2.75. The van der Waals surface area contributed by atoms with Crippen molar-refractivity contribution in [2.75, 3.05) is 6.61 Å². The van der Waals surface area contributed by atoms with Crippen molar-refractivity contribution in [3.63, 3.8) is 0 Å². The van der Waals surface area contributed by atoms with Gasteiger partial charge in [0.25, 0.3) is 6.47 Å². The summed E-state index contributed by atoms with van der Waals surface area (Å²) < 4.78 is 41.3. The molecule has 0 aliphatic heterocycles. The van der Waals surface area contributed by atoms with E-state index in [0.29, 0.717) is 5.56 Å². The zero-order chi connectivity index (χ0) is 12.0. The van der Waals surface area contributed by atoms with Gasteiger partial charge in [-0.2, -0.15) is 13.2 Å². The molecule has 1 aromatic rings. The molecule has 0 saturated carbocycles. The summed E-state index contributed by atoms with van der Waals surface area (Å²) in [7, 11) is 0. The molecular formula is C11H9F3O2. The van der Waals surface area contributed by atoms with Crippen LogP contribution in [0.2, 0.25) is 0 Å². The fourth-order valence-corrected chi connectivity index (χ4v) is 1.10. The monoisotopic (exact) mass is 230 g/mol. The Morgan fingerprint density at radius 1 is 1.31 bits per heavy atom. The number of benzene rings is 1. The SMILES string of the molecule is O=COC/C=C/c1cccc(C(F)(F)F)c1. The third kappa shape index (κ3) is 3.76. The zero-order valence-electron chi connectivity index (χ0n) is 8.20. The van der Waals surface area contributed by atoms with Crippen molar-refractivity contribution in [2.45, 2.75) is 6.18 Å². The molecule has 16 heavy (non-hydrogen) atoms. The van der Waals surface area contributed by atoms with Gasteiger partial charge in [0.15, 0.2) is 0 Å². The topological polar surface area (TPSA) is 26.3 Å². The highest BCUT2D eigenvalue weighted by Crippen LogP contribution is 2.29. The molecule has 1 aromatic carbocycles. The van der Waals surface area contributed by atoms with Crippen LogP contribution in [-0.2, 0) is 15.7 Å². The van der Waals surface area contributed by atoms with Crippen molar-refractivity contribution < 1.29 is 22.7 Å². The van der Waals surface area contributed by atoms with Crippen LogP contribution >= 0.6 is 0 Å². The predicted molar refractivity (Wildman–Crippen MR) is 52.5 cm³/mol. The molecule has 0 bridgehead atoms. The fraction of sp³-hybridized carbons (Fsp3) is 0.182. The molecule has 5 heteroatoms. The van der Waals surface area contributed by atoms with E-state index in [-0.39, 0.29) is 13.1 Å². The number of alkyl halides is 3. The number of ether oxygens (including phenoxy) is 1. The summed E-state index contributed by atoms with van der Waals surface area (Å²) >= 11 is 0. The molecule has 0 aromatic heterocycles. The molecular weight excluding hydrogens is 221 g/mol. The van der Waals surface area contributed by atoms with E-state index >= 15 is 0 Å². The molecule has 2 nitrogen and oxygen atoms in total. The van der Waals surface area contributed by atoms with E-state index in [2.05, 4.69) is 4.74 Å². The van der Waals surface area contributed by atoms with Gasteiger partial charge in [0.05, 0.1) is 5.56 Å². The van der Waals surface area contributed by atoms with E-state index < -0.39 is 11.7 Å². The maximum Gasteiger partial charge on any atom is 0.416 e. The Kier molecular flexibility index (Phi) is 4.10. The first-order valence-corrected chi connectivity index (χ1v) is 4.43. The van der Waals surface area contributed by atoms with Crippen molar-refractivity contribution in [3.8, 4) is 0 Å². The summed E-state index contributed by atoms with van der Waals surface area (Å²) in [5.74, 6) is 0. The molecule has 0 heterocycles. The van der Waals surface area contributed by atoms with Crippen LogP contribution in [0, 0.1) is 0 Å². The lowest BCUT2D eigenvalue weighted by Crippen LogP contribution is -2.04. The smallest absolute Gasteiger partial charge is 0.416 e. The van der Waals surface area contributed by atoms with Gasteiger partial charge < -0.3 is 4.74 Å². The van der Waals surface area contributed by atoms with Crippen molar-refractivity contribution in [3.05, 3.63) is 41.5 Å². The van der Waals surface area contributed by atoms with Gasteiger partial charge in [0.1, 0.15) is 6.61 Å². The van der Waals surface area contributed by atoms with Crippen molar-refractivity contribution >= 4 is 12.5 Å². The molecule has 0 fully saturated rings. The minimum absolute atomic E-state index is 0.0414. The fourth-order valence-electron chi connectivity index (χ4n) is 1.10. The Hall–Kier alpha value is -1.78. The lowest BCUT2D eigenvalue weighted by molar-refractivity contribution is -0.137. The van der Waals surface area contributed by atoms with E-state index in [4.69, 9.17) is 0 Å². The Morgan fingerprint density at radius 2 is 2.06 bits per heavy atom. The maximum atomic E-state index is 12.3. The maximum absolute atomic E-state index is 12.3. The van der Waals surface area contributed by atoms with Gasteiger partial charge in [-0.1, -0.05) is 18.2 Å². The van der Waals surface area contributed by atoms with Crippen LogP contribution in [0.25, 0.3) is 6.08 Å². The largest absolute Gasteiger partial charge is 0.464 e. The molecule has 0 aliphatic rings. The highest BCUT2D eigenvalue weighted by atomic mass is 19.4. The molecule has 0 saturated heterocycles. The molecule has 0 N–H and O–H groups in total. The van der Waals surface area contributed by atoms with E-state index in [1.807, 2.05) is 0 Å². The first kappa shape index (κ1) is 12.3. The number of halogens is 3. The number of carbonyl (C=O) groups is 1. The van der Waals surface area contributed by atoms with Crippen LogP contribution < -0.4 is 0 Å². The van der Waals surface area contributed by atoms with Gasteiger partial charge in [-0.05, 0) is 23.8 Å². The second kappa shape index (κ2) is 5.34. The van der Waals surface area contributed by atoms with Crippen LogP contribution in [0.3, 0.4) is 0 Å². The summed E-state index contributed by atoms with van der Waals surface area (Å²) in [5, 5.41) is 0. The molecule has 0 radical (unpaired) electrons. The molecule has 0 aliphatic carbocycles. The summed E-state index contributed by atoms with van der Waals surface area (Å²) in [4.78, 5) is 9.80. The lowest BCUT2D eigenvalue weighted by Gasteiger charge is -2.06. The average Bonchev–Trinajstić information content (AvgIpc) is 2.24. The van der Waals surface area contributed by atoms with Crippen LogP contribution in [0.1, 0.15) is 11.1 Å². The average molecular weight is 230 g/mol. The summed E-state index contributed by atoms with van der Waals surface area (Å²) in [6.45, 7) is 0.316.